The number of rotatable bonds is 9. The minimum absolute atomic E-state index is 0.0446. The van der Waals surface area contributed by atoms with Gasteiger partial charge < -0.3 is 14.5 Å². The van der Waals surface area contributed by atoms with E-state index in [1.807, 2.05) is 54.7 Å². The van der Waals surface area contributed by atoms with E-state index in [0.717, 1.165) is 101 Å². The highest BCUT2D eigenvalue weighted by Gasteiger charge is 2.47. The molecule has 376 valence electrons. The highest BCUT2D eigenvalue weighted by molar-refractivity contribution is 6.09. The number of hydrogen-bond acceptors (Lipinski definition) is 4. The molecule has 12 aromatic rings. The minimum Gasteiger partial charge on any atom is -0.457 e. The number of halogens is 2. The van der Waals surface area contributed by atoms with Crippen LogP contribution >= 0.6 is 0 Å². The topological polar surface area (TPSA) is 33.5 Å². The summed E-state index contributed by atoms with van der Waals surface area (Å²) in [4.78, 5) is 9.69. The summed E-state index contributed by atoms with van der Waals surface area (Å²) in [5.41, 5.74) is 15.7. The Morgan fingerprint density at radius 2 is 1.04 bits per heavy atom. The van der Waals surface area contributed by atoms with E-state index in [0.29, 0.717) is 23.5 Å². The van der Waals surface area contributed by atoms with E-state index < -0.39 is 5.41 Å². The van der Waals surface area contributed by atoms with Crippen LogP contribution in [0.3, 0.4) is 0 Å². The second kappa shape index (κ2) is 18.3. The van der Waals surface area contributed by atoms with Crippen molar-refractivity contribution in [2.24, 2.45) is 0 Å². The zero-order valence-electron chi connectivity index (χ0n) is 43.3. The number of para-hydroxylation sites is 3. The van der Waals surface area contributed by atoms with Crippen LogP contribution in [0, 0.1) is 11.6 Å². The van der Waals surface area contributed by atoms with Crippen LogP contribution in [0.15, 0.2) is 249 Å². The number of nitrogens with zero attached hydrogens (tertiary/aromatic N) is 4. The molecule has 7 heteroatoms. The van der Waals surface area contributed by atoms with Gasteiger partial charge in [-0.3, -0.25) is 4.57 Å². The molecule has 3 heterocycles. The Morgan fingerprint density at radius 3 is 1.69 bits per heavy atom. The van der Waals surface area contributed by atoms with Crippen molar-refractivity contribution in [2.75, 3.05) is 16.5 Å². The van der Waals surface area contributed by atoms with Crippen LogP contribution in [0.4, 0.5) is 31.5 Å². The summed E-state index contributed by atoms with van der Waals surface area (Å²) >= 11 is 0. The maximum absolute atomic E-state index is 15.5. The van der Waals surface area contributed by atoms with Crippen LogP contribution in [-0.4, -0.2) is 16.2 Å². The first-order valence-corrected chi connectivity index (χ1v) is 26.5. The Morgan fingerprint density at radius 1 is 0.462 bits per heavy atom. The fraction of sp³-hybridized carbons (Fsp3) is 0.0845. The summed E-state index contributed by atoms with van der Waals surface area (Å²) in [6, 6.07) is 82.2. The Bertz CT molecular complexity index is 4190. The van der Waals surface area contributed by atoms with Gasteiger partial charge in [0, 0.05) is 45.9 Å². The van der Waals surface area contributed by atoms with E-state index >= 15 is 8.78 Å². The first-order chi connectivity index (χ1) is 38.1. The summed E-state index contributed by atoms with van der Waals surface area (Å²) in [7, 11) is 0. The van der Waals surface area contributed by atoms with Crippen molar-refractivity contribution in [3.05, 3.63) is 288 Å². The van der Waals surface area contributed by atoms with E-state index in [2.05, 4.69) is 205 Å². The predicted molar refractivity (Wildman–Crippen MR) is 314 cm³/mol. The van der Waals surface area contributed by atoms with Gasteiger partial charge in [-0.1, -0.05) is 160 Å². The molecule has 0 saturated heterocycles. The standard InChI is InChI=1S/C71H52F2N4O/c1-70(2,3)49-36-37-74-68(40-49)77-64-27-14-13-26-56(64)57-33-32-55(44-67(57)77)78-54-25-17-24-53(43-54)75-45-76(66-29-16-15-28-65(66)75)69-58(46-18-7-4-8-19-46)38-50(39-59(69)47-20-9-5-10-21-47)71(48-22-11-6-12-23-48)62-34-30-51(72)41-60(62)61-42-52(73)31-35-63(61)71/h4-44H,45H2,1-3H3. The van der Waals surface area contributed by atoms with Gasteiger partial charge in [0.25, 0.3) is 0 Å². The Balaban J connectivity index is 0.915. The van der Waals surface area contributed by atoms with Gasteiger partial charge in [0.1, 0.15) is 35.6 Å². The van der Waals surface area contributed by atoms with Crippen molar-refractivity contribution < 1.29 is 13.5 Å². The quantitative estimate of drug-likeness (QED) is 0.144. The Labute approximate surface area is 452 Å². The minimum atomic E-state index is -0.941. The van der Waals surface area contributed by atoms with Gasteiger partial charge in [-0.2, -0.15) is 0 Å². The molecule has 1 aliphatic carbocycles. The lowest BCUT2D eigenvalue weighted by atomic mass is 9.66. The van der Waals surface area contributed by atoms with Crippen molar-refractivity contribution >= 4 is 44.6 Å². The molecule has 0 bridgehead atoms. The summed E-state index contributed by atoms with van der Waals surface area (Å²) in [6.07, 6.45) is 1.91. The molecular formula is C71H52F2N4O. The Kier molecular flexibility index (Phi) is 11.0. The molecule has 0 N–H and O–H groups in total. The number of benzene rings is 10. The van der Waals surface area contributed by atoms with Crippen LogP contribution in [0.25, 0.3) is 61.0 Å². The van der Waals surface area contributed by atoms with E-state index in [9.17, 15) is 0 Å². The first-order valence-electron chi connectivity index (χ1n) is 26.5. The molecule has 0 atom stereocenters. The molecule has 0 spiro atoms. The van der Waals surface area contributed by atoms with Crippen LogP contribution in [0.2, 0.25) is 0 Å². The van der Waals surface area contributed by atoms with Crippen molar-refractivity contribution in [3.8, 4) is 50.7 Å². The van der Waals surface area contributed by atoms with E-state index in [1.165, 1.54) is 17.7 Å². The summed E-state index contributed by atoms with van der Waals surface area (Å²) < 4.78 is 40.1. The lowest BCUT2D eigenvalue weighted by molar-refractivity contribution is 0.483. The molecule has 0 unspecified atom stereocenters. The second-order valence-corrected chi connectivity index (χ2v) is 21.4. The molecule has 0 radical (unpaired) electrons. The molecule has 5 nitrogen and oxygen atoms in total. The van der Waals surface area contributed by atoms with Crippen LogP contribution in [0.1, 0.15) is 48.6 Å². The average Bonchev–Trinajstić information content (AvgIpc) is 4.16. The van der Waals surface area contributed by atoms with Gasteiger partial charge in [0.2, 0.25) is 0 Å². The highest BCUT2D eigenvalue weighted by Crippen LogP contribution is 2.59. The third-order valence-corrected chi connectivity index (χ3v) is 15.8. The van der Waals surface area contributed by atoms with E-state index in [-0.39, 0.29) is 17.0 Å². The maximum atomic E-state index is 15.5. The van der Waals surface area contributed by atoms with Gasteiger partial charge in [-0.15, -0.1) is 0 Å². The monoisotopic (exact) mass is 1010 g/mol. The Hall–Kier alpha value is -9.59. The number of ether oxygens (including phenoxy) is 1. The lowest BCUT2D eigenvalue weighted by Crippen LogP contribution is -2.29. The van der Waals surface area contributed by atoms with Crippen LogP contribution < -0.4 is 14.5 Å². The van der Waals surface area contributed by atoms with Crippen LogP contribution in [-0.2, 0) is 10.8 Å². The number of aromatic nitrogens is 2. The molecule has 2 aromatic heterocycles. The van der Waals surface area contributed by atoms with Gasteiger partial charge in [0.15, 0.2) is 0 Å². The summed E-state index contributed by atoms with van der Waals surface area (Å²) in [5.74, 6) is 1.55. The zero-order chi connectivity index (χ0) is 52.7. The van der Waals surface area contributed by atoms with E-state index in [4.69, 9.17) is 9.72 Å². The molecular weight excluding hydrogens is 963 g/mol. The summed E-state index contributed by atoms with van der Waals surface area (Å²) in [5, 5.41) is 2.28. The van der Waals surface area contributed by atoms with Gasteiger partial charge >= 0.3 is 0 Å². The predicted octanol–water partition coefficient (Wildman–Crippen LogP) is 18.5. The third-order valence-electron chi connectivity index (χ3n) is 15.8. The fourth-order valence-electron chi connectivity index (χ4n) is 12.3. The smallest absolute Gasteiger partial charge is 0.137 e. The maximum Gasteiger partial charge on any atom is 0.137 e. The first kappa shape index (κ1) is 46.9. The van der Waals surface area contributed by atoms with Crippen molar-refractivity contribution in [2.45, 2.75) is 31.6 Å². The van der Waals surface area contributed by atoms with Crippen molar-refractivity contribution in [3.63, 3.8) is 0 Å². The average molecular weight is 1020 g/mol. The lowest BCUT2D eigenvalue weighted by Gasteiger charge is -2.36. The number of pyridine rings is 1. The highest BCUT2D eigenvalue weighted by atomic mass is 19.1. The number of hydrogen-bond donors (Lipinski definition) is 0. The molecule has 78 heavy (non-hydrogen) atoms. The van der Waals surface area contributed by atoms with Gasteiger partial charge in [-0.05, 0) is 146 Å². The molecule has 0 fully saturated rings. The summed E-state index contributed by atoms with van der Waals surface area (Å²) in [6.45, 7) is 7.17. The van der Waals surface area contributed by atoms with Crippen molar-refractivity contribution in [1.82, 2.24) is 9.55 Å². The SMILES string of the molecule is CC(C)(C)c1ccnc(-n2c3ccccc3c3ccc(Oc4cccc(N5CN(c6c(-c7ccccc7)cc(C7(c8ccccc8)c8ccc(F)cc8-c8cc(F)ccc87)cc6-c6ccccc6)c6ccccc65)c4)cc32)c1. The molecule has 0 saturated carbocycles. The second-order valence-electron chi connectivity index (χ2n) is 21.4. The number of anilines is 4. The van der Waals surface area contributed by atoms with Crippen LogP contribution in [0.5, 0.6) is 11.5 Å². The third kappa shape index (κ3) is 7.60. The zero-order valence-corrected chi connectivity index (χ0v) is 43.3. The van der Waals surface area contributed by atoms with E-state index in [1.54, 1.807) is 12.1 Å². The largest absolute Gasteiger partial charge is 0.457 e. The molecule has 2 aliphatic rings. The molecule has 10 aromatic carbocycles. The van der Waals surface area contributed by atoms with Gasteiger partial charge in [0.05, 0.1) is 33.5 Å². The fourth-order valence-corrected chi connectivity index (χ4v) is 12.3. The number of fused-ring (bicyclic) bond motifs is 7. The van der Waals surface area contributed by atoms with Gasteiger partial charge in [-0.25, -0.2) is 13.8 Å². The molecule has 14 rings (SSSR count). The molecule has 0 amide bonds. The molecule has 1 aliphatic heterocycles. The normalized spacial score (nSPS) is 13.4. The van der Waals surface area contributed by atoms with Crippen molar-refractivity contribution in [1.29, 1.82) is 0 Å².